The normalized spacial score (nSPS) is 23.7. The van der Waals surface area contributed by atoms with Gasteiger partial charge in [0.05, 0.1) is 27.5 Å². The van der Waals surface area contributed by atoms with Crippen molar-refractivity contribution in [1.82, 2.24) is 4.90 Å². The summed E-state index contributed by atoms with van der Waals surface area (Å²) in [4.78, 5) is 15.3. The molecule has 7 nitrogen and oxygen atoms in total. The molecule has 0 N–H and O–H groups in total. The number of ether oxygens (including phenoxy) is 1. The highest BCUT2D eigenvalue weighted by atomic mass is 35.5. The van der Waals surface area contributed by atoms with Crippen LogP contribution >= 0.6 is 11.6 Å². The number of nitrogens with zero attached hydrogens (tertiary/aromatic N) is 1. The Morgan fingerprint density at radius 3 is 2.40 bits per heavy atom. The monoisotopic (exact) mass is 635 g/mol. The molecule has 0 radical (unpaired) electrons. The predicted molar refractivity (Wildman–Crippen MR) is 153 cm³/mol. The van der Waals surface area contributed by atoms with E-state index >= 15 is 0 Å². The zero-order valence-corrected chi connectivity index (χ0v) is 24.8. The molecular formula is C30H28ClF2NO6S2. The van der Waals surface area contributed by atoms with Crippen molar-refractivity contribution in [2.24, 2.45) is 5.92 Å². The molecule has 12 heteroatoms. The van der Waals surface area contributed by atoms with Gasteiger partial charge in [0, 0.05) is 12.5 Å². The van der Waals surface area contributed by atoms with E-state index in [9.17, 15) is 30.4 Å². The van der Waals surface area contributed by atoms with Crippen molar-refractivity contribution in [2.75, 3.05) is 18.1 Å². The first-order valence-corrected chi connectivity index (χ1v) is 17.4. The van der Waals surface area contributed by atoms with E-state index in [2.05, 4.69) is 0 Å². The van der Waals surface area contributed by atoms with Crippen molar-refractivity contribution in [3.05, 3.63) is 88.4 Å². The Hall–Kier alpha value is -3.02. The Morgan fingerprint density at radius 1 is 1.00 bits per heavy atom. The van der Waals surface area contributed by atoms with Gasteiger partial charge in [-0.15, -0.1) is 0 Å². The number of rotatable bonds is 5. The lowest BCUT2D eigenvalue weighted by atomic mass is 9.78. The Balaban J connectivity index is 1.42. The van der Waals surface area contributed by atoms with Gasteiger partial charge in [0.15, 0.2) is 21.4 Å². The van der Waals surface area contributed by atoms with Gasteiger partial charge in [-0.05, 0) is 91.8 Å². The number of carbonyl (C=O) groups excluding carboxylic acids is 1. The highest BCUT2D eigenvalue weighted by Gasteiger charge is 2.61. The van der Waals surface area contributed by atoms with E-state index in [0.29, 0.717) is 24.0 Å². The number of fused-ring (bicyclic) bond motifs is 3. The molecule has 1 amide bonds. The van der Waals surface area contributed by atoms with Crippen molar-refractivity contribution < 1.29 is 35.1 Å². The molecule has 2 saturated heterocycles. The summed E-state index contributed by atoms with van der Waals surface area (Å²) in [7, 11) is -7.35. The van der Waals surface area contributed by atoms with Crippen LogP contribution in [0.15, 0.2) is 65.6 Å². The molecular weight excluding hydrogens is 608 g/mol. The zero-order chi connectivity index (χ0) is 29.9. The standard InChI is InChI=1S/C30H28ClF2NO6S2/c31-25-2-1-3-26(33)28(25)40-22-7-10-24-20(18-22)4-11-27-30(24,42(38,39)23-8-5-21(32)6-9-23)14-15-34(27)29(35)19-12-16-41(36,37)17-13-19/h1-3,5-10,18-19,27H,4,11-17H2/t27-,30-/m1/s1. The van der Waals surface area contributed by atoms with Gasteiger partial charge >= 0.3 is 0 Å². The molecule has 0 bridgehead atoms. The Bertz CT molecular complexity index is 1750. The van der Waals surface area contributed by atoms with Gasteiger partial charge in [0.2, 0.25) is 5.91 Å². The van der Waals surface area contributed by atoms with E-state index in [1.165, 1.54) is 30.3 Å². The molecule has 2 heterocycles. The van der Waals surface area contributed by atoms with Crippen LogP contribution in [0.2, 0.25) is 5.02 Å². The van der Waals surface area contributed by atoms with Crippen molar-refractivity contribution in [3.63, 3.8) is 0 Å². The van der Waals surface area contributed by atoms with E-state index in [0.717, 1.165) is 12.1 Å². The van der Waals surface area contributed by atoms with Gasteiger partial charge in [-0.3, -0.25) is 4.79 Å². The predicted octanol–water partition coefficient (Wildman–Crippen LogP) is 5.45. The highest BCUT2D eigenvalue weighted by molar-refractivity contribution is 7.92. The van der Waals surface area contributed by atoms with Gasteiger partial charge in [-0.2, -0.15) is 0 Å². The molecule has 3 aromatic rings. The SMILES string of the molecule is O=C(C1CCS(=O)(=O)CC1)N1CC[C@@]2(S(=O)(=O)c3ccc(F)cc3)c3ccc(Oc4c(F)cccc4Cl)cc3CC[C@@H]12. The Morgan fingerprint density at radius 2 is 1.71 bits per heavy atom. The summed E-state index contributed by atoms with van der Waals surface area (Å²) < 4.78 is 85.5. The van der Waals surface area contributed by atoms with Crippen molar-refractivity contribution in [2.45, 2.75) is 47.8 Å². The number of amides is 1. The lowest BCUT2D eigenvalue weighted by Crippen LogP contribution is -2.53. The number of aryl methyl sites for hydroxylation is 1. The maximum atomic E-state index is 14.5. The molecule has 0 aromatic heterocycles. The maximum absolute atomic E-state index is 14.5. The summed E-state index contributed by atoms with van der Waals surface area (Å²) in [6.45, 7) is 0.176. The average molecular weight is 636 g/mol. The largest absolute Gasteiger partial charge is 0.453 e. The zero-order valence-electron chi connectivity index (χ0n) is 22.4. The second-order valence-corrected chi connectivity index (χ2v) is 16.0. The molecule has 1 aliphatic carbocycles. The Labute approximate surface area is 248 Å². The molecule has 0 unspecified atom stereocenters. The summed E-state index contributed by atoms with van der Waals surface area (Å²) in [5.41, 5.74) is 1.19. The summed E-state index contributed by atoms with van der Waals surface area (Å²) >= 11 is 6.14. The number of hydrogen-bond donors (Lipinski definition) is 0. The molecule has 42 heavy (non-hydrogen) atoms. The second-order valence-electron chi connectivity index (χ2n) is 11.1. The van der Waals surface area contributed by atoms with Crippen LogP contribution in [0.3, 0.4) is 0 Å². The number of benzene rings is 3. The lowest BCUT2D eigenvalue weighted by molar-refractivity contribution is -0.137. The van der Waals surface area contributed by atoms with Gasteiger partial charge in [-0.1, -0.05) is 23.7 Å². The number of likely N-dealkylation sites (tertiary alicyclic amines) is 1. The van der Waals surface area contributed by atoms with Gasteiger partial charge in [0.1, 0.15) is 26.2 Å². The van der Waals surface area contributed by atoms with Crippen LogP contribution < -0.4 is 4.74 Å². The van der Waals surface area contributed by atoms with Crippen LogP contribution in [0.5, 0.6) is 11.5 Å². The first-order valence-electron chi connectivity index (χ1n) is 13.7. The summed E-state index contributed by atoms with van der Waals surface area (Å²) in [6, 6.07) is 13.0. The molecule has 0 saturated carbocycles. The minimum Gasteiger partial charge on any atom is -0.453 e. The maximum Gasteiger partial charge on any atom is 0.226 e. The van der Waals surface area contributed by atoms with Crippen LogP contribution in [-0.4, -0.2) is 51.7 Å². The van der Waals surface area contributed by atoms with E-state index in [1.54, 1.807) is 23.1 Å². The smallest absolute Gasteiger partial charge is 0.226 e. The highest BCUT2D eigenvalue weighted by Crippen LogP contribution is 2.54. The molecule has 3 aromatic carbocycles. The van der Waals surface area contributed by atoms with E-state index in [4.69, 9.17) is 16.3 Å². The Kier molecular flexibility index (Phi) is 7.34. The average Bonchev–Trinajstić information content (AvgIpc) is 3.36. The van der Waals surface area contributed by atoms with Crippen LogP contribution in [-0.2, 0) is 35.6 Å². The third kappa shape index (κ3) is 4.79. The minimum absolute atomic E-state index is 0.0572. The molecule has 2 fully saturated rings. The third-order valence-corrected chi connectivity index (χ3v) is 13.3. The van der Waals surface area contributed by atoms with Crippen molar-refractivity contribution >= 4 is 37.2 Å². The lowest BCUT2D eigenvalue weighted by Gasteiger charge is -2.43. The molecule has 2 aliphatic heterocycles. The number of halogens is 3. The summed E-state index contributed by atoms with van der Waals surface area (Å²) in [5, 5.41) is 0.0867. The molecule has 2 atom stereocenters. The van der Waals surface area contributed by atoms with Gasteiger partial charge in [0.25, 0.3) is 0 Å². The van der Waals surface area contributed by atoms with E-state index < -0.39 is 48.0 Å². The topological polar surface area (TPSA) is 97.8 Å². The quantitative estimate of drug-likeness (QED) is 0.346. The molecule has 222 valence electrons. The summed E-state index contributed by atoms with van der Waals surface area (Å²) in [6.07, 6.45) is 1.27. The van der Waals surface area contributed by atoms with E-state index in [1.807, 2.05) is 0 Å². The summed E-state index contributed by atoms with van der Waals surface area (Å²) in [5.74, 6) is -1.95. The van der Waals surface area contributed by atoms with Crippen LogP contribution in [0, 0.1) is 17.6 Å². The van der Waals surface area contributed by atoms with Gasteiger partial charge < -0.3 is 9.64 Å². The number of hydrogen-bond acceptors (Lipinski definition) is 6. The third-order valence-electron chi connectivity index (χ3n) is 8.79. The van der Waals surface area contributed by atoms with Crippen LogP contribution in [0.1, 0.15) is 36.8 Å². The van der Waals surface area contributed by atoms with Crippen molar-refractivity contribution in [3.8, 4) is 11.5 Å². The second kappa shape index (κ2) is 10.6. The molecule has 6 rings (SSSR count). The fraction of sp³-hybridized carbons (Fsp3) is 0.367. The van der Waals surface area contributed by atoms with Crippen LogP contribution in [0.25, 0.3) is 0 Å². The first kappa shape index (κ1) is 29.1. The molecule has 3 aliphatic rings. The number of sulfone groups is 2. The minimum atomic E-state index is -4.17. The molecule has 0 spiro atoms. The van der Waals surface area contributed by atoms with Crippen LogP contribution in [0.4, 0.5) is 8.78 Å². The number of para-hydroxylation sites is 1. The van der Waals surface area contributed by atoms with E-state index in [-0.39, 0.29) is 64.6 Å². The van der Waals surface area contributed by atoms with Crippen molar-refractivity contribution in [1.29, 1.82) is 0 Å². The number of carbonyl (C=O) groups is 1. The first-order chi connectivity index (χ1) is 19.9. The fourth-order valence-corrected chi connectivity index (χ4v) is 10.8. The fourth-order valence-electron chi connectivity index (χ4n) is 6.72. The van der Waals surface area contributed by atoms with Gasteiger partial charge in [-0.25, -0.2) is 25.6 Å².